The van der Waals surface area contributed by atoms with Gasteiger partial charge in [0.05, 0.1) is 11.1 Å². The highest BCUT2D eigenvalue weighted by Gasteiger charge is 2.16. The molecule has 0 aliphatic heterocycles. The van der Waals surface area contributed by atoms with Gasteiger partial charge in [0.25, 0.3) is 0 Å². The number of aryl methyl sites for hydroxylation is 1. The Morgan fingerprint density at radius 1 is 1.56 bits per heavy atom. The van der Waals surface area contributed by atoms with Gasteiger partial charge in [0, 0.05) is 25.4 Å². The van der Waals surface area contributed by atoms with Crippen molar-refractivity contribution in [3.63, 3.8) is 0 Å². The molecule has 2 rings (SSSR count). The highest BCUT2D eigenvalue weighted by Crippen LogP contribution is 2.22. The minimum absolute atomic E-state index is 0.0470. The maximum atomic E-state index is 10.8. The molecule has 0 fully saturated rings. The zero-order chi connectivity index (χ0) is 13.1. The average molecular weight is 269 g/mol. The molecule has 0 saturated heterocycles. The molecule has 0 amide bonds. The normalized spacial score (nSPS) is 10.3. The van der Waals surface area contributed by atoms with E-state index >= 15 is 0 Å². The smallest absolute Gasteiger partial charge is 0.329 e. The van der Waals surface area contributed by atoms with Crippen LogP contribution in [0.4, 0.5) is 11.5 Å². The molecule has 2 heterocycles. The summed E-state index contributed by atoms with van der Waals surface area (Å²) < 4.78 is 1.64. The van der Waals surface area contributed by atoms with Crippen LogP contribution in [0.15, 0.2) is 18.6 Å². The predicted molar refractivity (Wildman–Crippen MR) is 64.2 cm³/mol. The first-order valence-corrected chi connectivity index (χ1v) is 5.32. The third kappa shape index (κ3) is 2.72. The van der Waals surface area contributed by atoms with Crippen LogP contribution in [0.2, 0.25) is 5.28 Å². The van der Waals surface area contributed by atoms with Gasteiger partial charge in [-0.1, -0.05) is 0 Å². The molecule has 0 unspecified atom stereocenters. The van der Waals surface area contributed by atoms with Crippen LogP contribution in [0.25, 0.3) is 0 Å². The van der Waals surface area contributed by atoms with Gasteiger partial charge in [-0.2, -0.15) is 10.1 Å². The Kier molecular flexibility index (Phi) is 3.38. The maximum absolute atomic E-state index is 10.8. The molecule has 9 heteroatoms. The van der Waals surface area contributed by atoms with E-state index in [0.29, 0.717) is 6.54 Å². The van der Waals surface area contributed by atoms with Crippen molar-refractivity contribution >= 4 is 23.1 Å². The highest BCUT2D eigenvalue weighted by molar-refractivity contribution is 6.28. The van der Waals surface area contributed by atoms with E-state index in [1.165, 1.54) is 0 Å². The number of halogens is 1. The summed E-state index contributed by atoms with van der Waals surface area (Å²) in [6, 6.07) is 0. The molecule has 0 aromatic carbocycles. The quantitative estimate of drug-likeness (QED) is 0.511. The van der Waals surface area contributed by atoms with Crippen molar-refractivity contribution in [2.45, 2.75) is 6.54 Å². The zero-order valence-electron chi connectivity index (χ0n) is 9.37. The molecule has 0 aliphatic rings. The van der Waals surface area contributed by atoms with Gasteiger partial charge in [0.1, 0.15) is 6.20 Å². The van der Waals surface area contributed by atoms with E-state index in [4.69, 9.17) is 11.6 Å². The molecule has 0 aliphatic carbocycles. The van der Waals surface area contributed by atoms with Crippen LogP contribution in [0, 0.1) is 10.1 Å². The lowest BCUT2D eigenvalue weighted by Gasteiger charge is -2.04. The van der Waals surface area contributed by atoms with Gasteiger partial charge in [-0.3, -0.25) is 14.8 Å². The Balaban J connectivity index is 2.17. The van der Waals surface area contributed by atoms with Gasteiger partial charge in [-0.05, 0) is 11.6 Å². The predicted octanol–water partition coefficient (Wildman–Crippen LogP) is 1.38. The second-order valence-electron chi connectivity index (χ2n) is 3.51. The molecule has 1 N–H and O–H groups in total. The summed E-state index contributed by atoms with van der Waals surface area (Å²) in [5.74, 6) is 0.0869. The van der Waals surface area contributed by atoms with Crippen LogP contribution >= 0.6 is 11.6 Å². The van der Waals surface area contributed by atoms with Gasteiger partial charge in [-0.15, -0.1) is 0 Å². The van der Waals surface area contributed by atoms with Gasteiger partial charge in [0.15, 0.2) is 0 Å². The Labute approximate surface area is 107 Å². The average Bonchev–Trinajstić information content (AvgIpc) is 2.72. The van der Waals surface area contributed by atoms with E-state index in [9.17, 15) is 10.1 Å². The molecule has 0 spiro atoms. The van der Waals surface area contributed by atoms with E-state index in [0.717, 1.165) is 11.8 Å². The fourth-order valence-electron chi connectivity index (χ4n) is 1.37. The number of nitrogens with zero attached hydrogens (tertiary/aromatic N) is 5. The topological polar surface area (TPSA) is 98.8 Å². The summed E-state index contributed by atoms with van der Waals surface area (Å²) >= 11 is 5.61. The summed E-state index contributed by atoms with van der Waals surface area (Å²) in [5, 5.41) is 17.6. The summed E-state index contributed by atoms with van der Waals surface area (Å²) in [6.07, 6.45) is 4.52. The number of nitrogens with one attached hydrogen (secondary N) is 1. The Hall–Kier alpha value is -2.22. The first-order valence-electron chi connectivity index (χ1n) is 4.94. The molecule has 0 atom stereocenters. The lowest BCUT2D eigenvalue weighted by molar-refractivity contribution is -0.384. The first-order chi connectivity index (χ1) is 8.56. The highest BCUT2D eigenvalue weighted by atomic mass is 35.5. The van der Waals surface area contributed by atoms with Crippen LogP contribution in [0.1, 0.15) is 5.56 Å². The molecule has 94 valence electrons. The number of hydrogen-bond donors (Lipinski definition) is 1. The molecule has 2 aromatic rings. The van der Waals surface area contributed by atoms with Crippen LogP contribution in [-0.4, -0.2) is 24.7 Å². The van der Waals surface area contributed by atoms with Gasteiger partial charge < -0.3 is 5.32 Å². The molecule has 8 nitrogen and oxygen atoms in total. The van der Waals surface area contributed by atoms with E-state index in [-0.39, 0.29) is 16.8 Å². The van der Waals surface area contributed by atoms with Gasteiger partial charge >= 0.3 is 5.69 Å². The van der Waals surface area contributed by atoms with Crippen molar-refractivity contribution in [3.05, 3.63) is 39.6 Å². The molecule has 2 aromatic heterocycles. The molecular weight excluding hydrogens is 260 g/mol. The molecule has 0 saturated carbocycles. The van der Waals surface area contributed by atoms with Crippen molar-refractivity contribution in [2.75, 3.05) is 5.32 Å². The van der Waals surface area contributed by atoms with Crippen LogP contribution in [0.5, 0.6) is 0 Å². The number of anilines is 1. The van der Waals surface area contributed by atoms with Crippen LogP contribution in [0.3, 0.4) is 0 Å². The third-order valence-electron chi connectivity index (χ3n) is 2.16. The van der Waals surface area contributed by atoms with E-state index in [1.807, 2.05) is 0 Å². The maximum Gasteiger partial charge on any atom is 0.329 e. The number of rotatable bonds is 4. The first kappa shape index (κ1) is 12.2. The van der Waals surface area contributed by atoms with Crippen molar-refractivity contribution in [3.8, 4) is 0 Å². The monoisotopic (exact) mass is 268 g/mol. The van der Waals surface area contributed by atoms with Gasteiger partial charge in [0.2, 0.25) is 11.1 Å². The fourth-order valence-corrected chi connectivity index (χ4v) is 1.50. The van der Waals surface area contributed by atoms with E-state index < -0.39 is 4.92 Å². The third-order valence-corrected chi connectivity index (χ3v) is 2.34. The number of aromatic nitrogens is 4. The van der Waals surface area contributed by atoms with Crippen molar-refractivity contribution < 1.29 is 4.92 Å². The van der Waals surface area contributed by atoms with E-state index in [2.05, 4.69) is 20.4 Å². The standard InChI is InChI=1S/C9H9ClN6O2/c1-15-5-6(3-13-15)2-11-8-7(16(17)18)4-12-9(10)14-8/h3-5H,2H2,1H3,(H,11,12,14). The fraction of sp³-hybridized carbons (Fsp3) is 0.222. The van der Waals surface area contributed by atoms with Gasteiger partial charge in [-0.25, -0.2) is 4.98 Å². The zero-order valence-corrected chi connectivity index (χ0v) is 10.1. The second-order valence-corrected chi connectivity index (χ2v) is 3.84. The van der Waals surface area contributed by atoms with Crippen molar-refractivity contribution in [2.24, 2.45) is 7.05 Å². The second kappa shape index (κ2) is 4.96. The SMILES string of the molecule is Cn1cc(CNc2nc(Cl)ncc2[N+](=O)[O-])cn1. The summed E-state index contributed by atoms with van der Waals surface area (Å²) in [5.41, 5.74) is 0.657. The minimum atomic E-state index is -0.568. The molecule has 18 heavy (non-hydrogen) atoms. The summed E-state index contributed by atoms with van der Waals surface area (Å²) in [7, 11) is 1.79. The van der Waals surface area contributed by atoms with Crippen molar-refractivity contribution in [1.82, 2.24) is 19.7 Å². The largest absolute Gasteiger partial charge is 0.360 e. The summed E-state index contributed by atoms with van der Waals surface area (Å²) in [4.78, 5) is 17.6. The van der Waals surface area contributed by atoms with Crippen LogP contribution in [-0.2, 0) is 13.6 Å². The number of nitro groups is 1. The Morgan fingerprint density at radius 2 is 2.33 bits per heavy atom. The van der Waals surface area contributed by atoms with E-state index in [1.54, 1.807) is 24.1 Å². The Bertz CT molecular complexity index is 584. The van der Waals surface area contributed by atoms with Crippen LogP contribution < -0.4 is 5.32 Å². The minimum Gasteiger partial charge on any atom is -0.360 e. The molecule has 0 bridgehead atoms. The molecular formula is C9H9ClN6O2. The lowest BCUT2D eigenvalue weighted by Crippen LogP contribution is -2.05. The summed E-state index contributed by atoms with van der Waals surface area (Å²) in [6.45, 7) is 0.363. The lowest BCUT2D eigenvalue weighted by atomic mass is 10.3. The molecule has 0 radical (unpaired) electrons. The van der Waals surface area contributed by atoms with Crippen molar-refractivity contribution in [1.29, 1.82) is 0 Å². The Morgan fingerprint density at radius 3 is 2.94 bits per heavy atom. The number of hydrogen-bond acceptors (Lipinski definition) is 6.